The molecule has 0 bridgehead atoms. The largest absolute Gasteiger partial charge is 0.457 e. The van der Waals surface area contributed by atoms with Gasteiger partial charge in [0.2, 0.25) is 5.95 Å². The number of rotatable bonds is 7. The molecule has 5 aromatic rings. The first-order valence-corrected chi connectivity index (χ1v) is 11.5. The smallest absolute Gasteiger partial charge is 0.416 e. The summed E-state index contributed by atoms with van der Waals surface area (Å²) in [6, 6.07) is 11.2. The number of ether oxygens (including phenoxy) is 1. The Balaban J connectivity index is 1.36. The molecule has 5 rings (SSSR count). The summed E-state index contributed by atoms with van der Waals surface area (Å²) in [6.45, 7) is 1.18. The zero-order valence-corrected chi connectivity index (χ0v) is 20.6. The van der Waals surface area contributed by atoms with E-state index < -0.39 is 18.8 Å². The first kappa shape index (κ1) is 25.1. The Bertz CT molecular complexity index is 1620. The summed E-state index contributed by atoms with van der Waals surface area (Å²) in [7, 11) is 3.29. The van der Waals surface area contributed by atoms with Crippen molar-refractivity contribution in [3.8, 4) is 11.5 Å². The predicted molar refractivity (Wildman–Crippen MR) is 136 cm³/mol. The number of hydrogen-bond acceptors (Lipinski definition) is 9. The molecule has 2 aromatic carbocycles. The summed E-state index contributed by atoms with van der Waals surface area (Å²) in [5, 5.41) is 12.6. The molecule has 1 unspecified atom stereocenters. The second-order valence-electron chi connectivity index (χ2n) is 8.78. The maximum atomic E-state index is 12.8. The lowest BCUT2D eigenvalue weighted by atomic mass is 10.2. The molecule has 0 aliphatic carbocycles. The molecule has 196 valence electrons. The highest BCUT2D eigenvalue weighted by Crippen LogP contribution is 2.31. The minimum atomic E-state index is -4.75. The fourth-order valence-electron chi connectivity index (χ4n) is 3.85. The van der Waals surface area contributed by atoms with Crippen molar-refractivity contribution in [2.75, 3.05) is 23.8 Å². The highest BCUT2D eigenvalue weighted by atomic mass is 19.4. The first-order valence-electron chi connectivity index (χ1n) is 11.5. The van der Waals surface area contributed by atoms with Crippen LogP contribution in [0.5, 0.6) is 11.5 Å². The minimum absolute atomic E-state index is 0.0107. The number of aromatic nitrogens is 6. The Morgan fingerprint density at radius 3 is 2.66 bits per heavy atom. The molecule has 2 N–H and O–H groups in total. The van der Waals surface area contributed by atoms with Gasteiger partial charge in [-0.25, -0.2) is 24.9 Å². The SMILES string of the molecule is Cc1cc(Nc2ncnc3cnc(N(C)CC(O)C(F)(F)F)nc23)ccc1Oc1ccc2c(c1)ncn2C. The van der Waals surface area contributed by atoms with Crippen LogP contribution in [0.4, 0.5) is 30.6 Å². The number of nitrogens with zero attached hydrogens (tertiary/aromatic N) is 7. The number of aryl methyl sites for hydroxylation is 2. The van der Waals surface area contributed by atoms with Gasteiger partial charge in [-0.3, -0.25) is 0 Å². The van der Waals surface area contributed by atoms with Crippen LogP contribution in [0.15, 0.2) is 55.2 Å². The van der Waals surface area contributed by atoms with Crippen molar-refractivity contribution in [2.45, 2.75) is 19.2 Å². The van der Waals surface area contributed by atoms with Crippen LogP contribution in [-0.4, -0.2) is 60.5 Å². The van der Waals surface area contributed by atoms with E-state index in [1.807, 2.05) is 54.9 Å². The lowest BCUT2D eigenvalue weighted by Gasteiger charge is -2.22. The molecule has 0 fully saturated rings. The van der Waals surface area contributed by atoms with Crippen molar-refractivity contribution < 1.29 is 23.0 Å². The number of aliphatic hydroxyl groups excluding tert-OH is 1. The van der Waals surface area contributed by atoms with Gasteiger partial charge in [0.25, 0.3) is 0 Å². The molecule has 3 heterocycles. The Kier molecular flexibility index (Phi) is 6.45. The number of nitrogens with one attached hydrogen (secondary N) is 1. The number of halogens is 3. The number of alkyl halides is 3. The summed E-state index contributed by atoms with van der Waals surface area (Å²) in [5.74, 6) is 1.65. The molecule has 0 aliphatic rings. The Morgan fingerprint density at radius 2 is 1.89 bits per heavy atom. The van der Waals surface area contributed by atoms with Crippen LogP contribution in [0.3, 0.4) is 0 Å². The van der Waals surface area contributed by atoms with Gasteiger partial charge < -0.3 is 24.6 Å². The quantitative estimate of drug-likeness (QED) is 0.317. The molecule has 0 aliphatic heterocycles. The summed E-state index contributed by atoms with van der Waals surface area (Å²) >= 11 is 0. The maximum Gasteiger partial charge on any atom is 0.416 e. The van der Waals surface area contributed by atoms with Crippen LogP contribution in [0, 0.1) is 6.92 Å². The Morgan fingerprint density at radius 1 is 1.08 bits per heavy atom. The highest BCUT2D eigenvalue weighted by Gasteiger charge is 2.39. The standard InChI is InChI=1S/C25H23F3N8O2/c1-14-8-15(4-7-20(14)38-16-5-6-19-17(9-16)32-13-36(19)3)33-23-22-18(30-12-31-23)10-29-24(34-22)35(2)11-21(37)25(26,27)28/h4-10,12-13,21,37H,11H2,1-3H3,(H,30,31,33). The van der Waals surface area contributed by atoms with Crippen LogP contribution in [0.1, 0.15) is 5.56 Å². The maximum absolute atomic E-state index is 12.8. The molecule has 0 amide bonds. The van der Waals surface area contributed by atoms with E-state index in [0.29, 0.717) is 34.0 Å². The lowest BCUT2D eigenvalue weighted by molar-refractivity contribution is -0.200. The molecule has 0 saturated carbocycles. The third-order valence-electron chi connectivity index (χ3n) is 5.89. The lowest BCUT2D eigenvalue weighted by Crippen LogP contribution is -2.40. The molecule has 0 saturated heterocycles. The number of aliphatic hydroxyl groups is 1. The van der Waals surface area contributed by atoms with E-state index in [4.69, 9.17) is 4.74 Å². The van der Waals surface area contributed by atoms with Crippen LogP contribution in [-0.2, 0) is 7.05 Å². The third-order valence-corrected chi connectivity index (χ3v) is 5.89. The van der Waals surface area contributed by atoms with Crippen LogP contribution in [0.25, 0.3) is 22.1 Å². The number of hydrogen-bond donors (Lipinski definition) is 2. The zero-order chi connectivity index (χ0) is 27.0. The molecule has 38 heavy (non-hydrogen) atoms. The van der Waals surface area contributed by atoms with Gasteiger partial charge in [-0.05, 0) is 42.8 Å². The van der Waals surface area contributed by atoms with Gasteiger partial charge in [0.05, 0.1) is 30.1 Å². The van der Waals surface area contributed by atoms with Crippen molar-refractivity contribution in [1.29, 1.82) is 0 Å². The Labute approximate surface area is 214 Å². The van der Waals surface area contributed by atoms with Crippen molar-refractivity contribution >= 4 is 39.5 Å². The summed E-state index contributed by atoms with van der Waals surface area (Å²) < 4.78 is 46.3. The van der Waals surface area contributed by atoms with Crippen molar-refractivity contribution in [2.24, 2.45) is 7.05 Å². The fourth-order valence-corrected chi connectivity index (χ4v) is 3.85. The molecular weight excluding hydrogens is 501 g/mol. The van der Waals surface area contributed by atoms with Gasteiger partial charge in [0.15, 0.2) is 11.9 Å². The van der Waals surface area contributed by atoms with Gasteiger partial charge >= 0.3 is 6.18 Å². The minimum Gasteiger partial charge on any atom is -0.457 e. The predicted octanol–water partition coefficient (Wildman–Crippen LogP) is 4.51. The molecule has 0 spiro atoms. The number of imidazole rings is 1. The van der Waals surface area contributed by atoms with Crippen LogP contribution in [0.2, 0.25) is 0 Å². The molecule has 13 heteroatoms. The first-order chi connectivity index (χ1) is 18.1. The second-order valence-corrected chi connectivity index (χ2v) is 8.78. The molecule has 1 atom stereocenters. The van der Waals surface area contributed by atoms with Crippen LogP contribution >= 0.6 is 0 Å². The zero-order valence-electron chi connectivity index (χ0n) is 20.6. The highest BCUT2D eigenvalue weighted by molar-refractivity contribution is 5.87. The number of benzene rings is 2. The van der Waals surface area contributed by atoms with E-state index in [1.165, 1.54) is 19.6 Å². The summed E-state index contributed by atoms with van der Waals surface area (Å²) in [5.41, 5.74) is 4.09. The summed E-state index contributed by atoms with van der Waals surface area (Å²) in [4.78, 5) is 22.3. The number of anilines is 3. The molecular formula is C25H23F3N8O2. The monoisotopic (exact) mass is 524 g/mol. The van der Waals surface area contributed by atoms with Gasteiger partial charge in [0.1, 0.15) is 28.9 Å². The van der Waals surface area contributed by atoms with E-state index in [1.54, 1.807) is 6.33 Å². The summed E-state index contributed by atoms with van der Waals surface area (Å²) in [6.07, 6.45) is -2.81. The average Bonchev–Trinajstić information content (AvgIpc) is 3.25. The van der Waals surface area contributed by atoms with Crippen LogP contribution < -0.4 is 15.0 Å². The Hall–Kier alpha value is -4.52. The number of fused-ring (bicyclic) bond motifs is 2. The van der Waals surface area contributed by atoms with Gasteiger partial charge in [-0.2, -0.15) is 13.2 Å². The van der Waals surface area contributed by atoms with Crippen molar-refractivity contribution in [3.05, 3.63) is 60.8 Å². The third kappa shape index (κ3) is 5.13. The molecule has 0 radical (unpaired) electrons. The van der Waals surface area contributed by atoms with Crippen molar-refractivity contribution in [1.82, 2.24) is 29.5 Å². The molecule has 3 aromatic heterocycles. The molecule has 10 nitrogen and oxygen atoms in total. The van der Waals surface area contributed by atoms with E-state index in [-0.39, 0.29) is 5.95 Å². The van der Waals surface area contributed by atoms with Gasteiger partial charge in [-0.15, -0.1) is 0 Å². The second kappa shape index (κ2) is 9.74. The van der Waals surface area contributed by atoms with Crippen molar-refractivity contribution in [3.63, 3.8) is 0 Å². The topological polar surface area (TPSA) is 114 Å². The van der Waals surface area contributed by atoms with E-state index in [0.717, 1.165) is 21.5 Å². The number of likely N-dealkylation sites (N-methyl/N-ethyl adjacent to an activating group) is 1. The fraction of sp³-hybridized carbons (Fsp3) is 0.240. The van der Waals surface area contributed by atoms with E-state index in [2.05, 4.69) is 30.2 Å². The normalized spacial score (nSPS) is 12.6. The average molecular weight is 525 g/mol. The van der Waals surface area contributed by atoms with Gasteiger partial charge in [-0.1, -0.05) is 0 Å². The van der Waals surface area contributed by atoms with E-state index in [9.17, 15) is 18.3 Å². The van der Waals surface area contributed by atoms with E-state index >= 15 is 0 Å². The van der Waals surface area contributed by atoms with Gasteiger partial charge in [0, 0.05) is 25.8 Å².